The maximum absolute atomic E-state index is 11.4. The third-order valence-corrected chi connectivity index (χ3v) is 2.57. The fourth-order valence-electron chi connectivity index (χ4n) is 1.53. The zero-order chi connectivity index (χ0) is 14.3. The second-order valence-electron chi connectivity index (χ2n) is 3.91. The molecular formula is C13H17NO5. The van der Waals surface area contributed by atoms with Crippen LogP contribution in [0.5, 0.6) is 5.88 Å². The minimum atomic E-state index is -0.392. The lowest BCUT2D eigenvalue weighted by Gasteiger charge is -2.15. The van der Waals surface area contributed by atoms with Gasteiger partial charge in [-0.25, -0.2) is 4.98 Å². The van der Waals surface area contributed by atoms with Gasteiger partial charge in [-0.1, -0.05) is 6.07 Å². The van der Waals surface area contributed by atoms with Crippen molar-refractivity contribution in [1.82, 2.24) is 4.98 Å². The van der Waals surface area contributed by atoms with Gasteiger partial charge in [0.05, 0.1) is 27.2 Å². The van der Waals surface area contributed by atoms with Gasteiger partial charge in [0, 0.05) is 25.1 Å². The van der Waals surface area contributed by atoms with Crippen molar-refractivity contribution in [2.75, 3.05) is 20.8 Å². The highest BCUT2D eigenvalue weighted by atomic mass is 16.5. The molecule has 0 radical (unpaired) electrons. The Labute approximate surface area is 111 Å². The van der Waals surface area contributed by atoms with Crippen LogP contribution in [0, 0.1) is 0 Å². The first-order valence-corrected chi connectivity index (χ1v) is 5.77. The summed E-state index contributed by atoms with van der Waals surface area (Å²) in [5.74, 6) is -0.563. The molecule has 0 aliphatic rings. The molecule has 0 aliphatic heterocycles. The van der Waals surface area contributed by atoms with Crippen LogP contribution in [-0.4, -0.2) is 37.7 Å². The molecule has 0 saturated carbocycles. The van der Waals surface area contributed by atoms with E-state index in [1.54, 1.807) is 18.3 Å². The zero-order valence-electron chi connectivity index (χ0n) is 11.2. The largest absolute Gasteiger partial charge is 0.481 e. The number of carbonyl (C=O) groups is 2. The number of carbonyl (C=O) groups excluding carboxylic acids is 2. The molecular weight excluding hydrogens is 250 g/mol. The Bertz CT molecular complexity index is 429. The minimum Gasteiger partial charge on any atom is -0.481 e. The standard InChI is InChI=1S/C13H17NO5/c1-9(15)19-8-11(6-13(16)18-3)10-4-5-12(17-2)14-7-10/h4-5,7,11H,6,8H2,1-3H3. The number of nitrogens with zero attached hydrogens (tertiary/aromatic N) is 1. The van der Waals surface area contributed by atoms with Gasteiger partial charge < -0.3 is 14.2 Å². The predicted octanol–water partition coefficient (Wildman–Crippen LogP) is 1.30. The van der Waals surface area contributed by atoms with Crippen LogP contribution in [-0.2, 0) is 19.1 Å². The normalized spacial score (nSPS) is 11.5. The van der Waals surface area contributed by atoms with Gasteiger partial charge in [-0.15, -0.1) is 0 Å². The van der Waals surface area contributed by atoms with Crippen LogP contribution < -0.4 is 4.74 Å². The van der Waals surface area contributed by atoms with Gasteiger partial charge in [-0.2, -0.15) is 0 Å². The first-order chi connectivity index (χ1) is 9.06. The van der Waals surface area contributed by atoms with Crippen LogP contribution >= 0.6 is 0 Å². The van der Waals surface area contributed by atoms with Gasteiger partial charge in [-0.3, -0.25) is 9.59 Å². The number of ether oxygens (including phenoxy) is 3. The van der Waals surface area contributed by atoms with Gasteiger partial charge in [0.15, 0.2) is 0 Å². The van der Waals surface area contributed by atoms with Crippen molar-refractivity contribution >= 4 is 11.9 Å². The summed E-state index contributed by atoms with van der Waals surface area (Å²) in [6.07, 6.45) is 1.72. The number of pyridine rings is 1. The van der Waals surface area contributed by atoms with E-state index in [0.29, 0.717) is 5.88 Å². The molecule has 1 aromatic rings. The highest BCUT2D eigenvalue weighted by Gasteiger charge is 2.18. The number of esters is 2. The summed E-state index contributed by atoms with van der Waals surface area (Å²) in [4.78, 5) is 26.3. The highest BCUT2D eigenvalue weighted by molar-refractivity contribution is 5.70. The molecule has 1 atom stereocenters. The first kappa shape index (κ1) is 14.9. The summed E-state index contributed by atoms with van der Waals surface area (Å²) in [5.41, 5.74) is 0.785. The molecule has 6 nitrogen and oxygen atoms in total. The number of aromatic nitrogens is 1. The molecule has 104 valence electrons. The Morgan fingerprint density at radius 3 is 2.53 bits per heavy atom. The van der Waals surface area contributed by atoms with Crippen LogP contribution in [0.25, 0.3) is 0 Å². The molecule has 0 fully saturated rings. The van der Waals surface area contributed by atoms with Crippen LogP contribution in [0.3, 0.4) is 0 Å². The van der Waals surface area contributed by atoms with Gasteiger partial charge >= 0.3 is 11.9 Å². The number of rotatable bonds is 6. The second kappa shape index (κ2) is 7.35. The smallest absolute Gasteiger partial charge is 0.306 e. The maximum Gasteiger partial charge on any atom is 0.306 e. The Kier molecular flexibility index (Phi) is 5.78. The van der Waals surface area contributed by atoms with Crippen molar-refractivity contribution in [2.45, 2.75) is 19.3 Å². The van der Waals surface area contributed by atoms with Crippen molar-refractivity contribution in [2.24, 2.45) is 0 Å². The van der Waals surface area contributed by atoms with E-state index in [0.717, 1.165) is 5.56 Å². The van der Waals surface area contributed by atoms with Crippen molar-refractivity contribution in [3.8, 4) is 5.88 Å². The van der Waals surface area contributed by atoms with Crippen LogP contribution in [0.2, 0.25) is 0 Å². The average molecular weight is 267 g/mol. The lowest BCUT2D eigenvalue weighted by molar-refractivity contribution is -0.145. The van der Waals surface area contributed by atoms with Gasteiger partial charge in [-0.05, 0) is 5.56 Å². The quantitative estimate of drug-likeness (QED) is 0.723. The average Bonchev–Trinajstić information content (AvgIpc) is 2.43. The highest BCUT2D eigenvalue weighted by Crippen LogP contribution is 2.21. The summed E-state index contributed by atoms with van der Waals surface area (Å²) in [7, 11) is 2.84. The van der Waals surface area contributed by atoms with Crippen LogP contribution in [0.4, 0.5) is 0 Å². The topological polar surface area (TPSA) is 74.7 Å². The van der Waals surface area contributed by atoms with E-state index >= 15 is 0 Å². The van der Waals surface area contributed by atoms with E-state index in [1.165, 1.54) is 21.1 Å². The number of hydrogen-bond donors (Lipinski definition) is 0. The fourth-order valence-corrected chi connectivity index (χ4v) is 1.53. The minimum absolute atomic E-state index is 0.110. The third kappa shape index (κ3) is 4.95. The molecule has 0 spiro atoms. The van der Waals surface area contributed by atoms with E-state index in [4.69, 9.17) is 9.47 Å². The van der Waals surface area contributed by atoms with Crippen molar-refractivity contribution in [3.63, 3.8) is 0 Å². The Hall–Kier alpha value is -2.11. The lowest BCUT2D eigenvalue weighted by atomic mass is 9.98. The van der Waals surface area contributed by atoms with Crippen molar-refractivity contribution in [1.29, 1.82) is 0 Å². The molecule has 1 heterocycles. The molecule has 1 rings (SSSR count). The van der Waals surface area contributed by atoms with E-state index < -0.39 is 5.97 Å². The molecule has 0 saturated heterocycles. The molecule has 0 aromatic carbocycles. The van der Waals surface area contributed by atoms with E-state index in [2.05, 4.69) is 9.72 Å². The SMILES string of the molecule is COC(=O)CC(COC(C)=O)c1ccc(OC)nc1. The lowest BCUT2D eigenvalue weighted by Crippen LogP contribution is -2.16. The molecule has 0 amide bonds. The van der Waals surface area contributed by atoms with Gasteiger partial charge in [0.2, 0.25) is 5.88 Å². The summed E-state index contributed by atoms with van der Waals surface area (Å²) >= 11 is 0. The van der Waals surface area contributed by atoms with Crippen molar-refractivity contribution in [3.05, 3.63) is 23.9 Å². The fraction of sp³-hybridized carbons (Fsp3) is 0.462. The molecule has 0 N–H and O–H groups in total. The summed E-state index contributed by atoms with van der Waals surface area (Å²) in [5, 5.41) is 0. The zero-order valence-corrected chi connectivity index (χ0v) is 11.2. The number of methoxy groups -OCH3 is 2. The van der Waals surface area contributed by atoms with Gasteiger partial charge in [0.25, 0.3) is 0 Å². The van der Waals surface area contributed by atoms with Crippen LogP contribution in [0.1, 0.15) is 24.8 Å². The monoisotopic (exact) mass is 267 g/mol. The molecule has 0 aliphatic carbocycles. The molecule has 1 aromatic heterocycles. The predicted molar refractivity (Wildman–Crippen MR) is 66.8 cm³/mol. The Morgan fingerprint density at radius 1 is 1.32 bits per heavy atom. The summed E-state index contributed by atoms with van der Waals surface area (Å²) < 4.78 is 14.5. The molecule has 1 unspecified atom stereocenters. The number of hydrogen-bond acceptors (Lipinski definition) is 6. The molecule has 0 bridgehead atoms. The second-order valence-corrected chi connectivity index (χ2v) is 3.91. The van der Waals surface area contributed by atoms with E-state index in [1.807, 2.05) is 0 Å². The summed E-state index contributed by atoms with van der Waals surface area (Å²) in [6.45, 7) is 1.43. The Morgan fingerprint density at radius 2 is 2.05 bits per heavy atom. The van der Waals surface area contributed by atoms with Gasteiger partial charge in [0.1, 0.15) is 0 Å². The first-order valence-electron chi connectivity index (χ1n) is 5.77. The third-order valence-electron chi connectivity index (χ3n) is 2.57. The van der Waals surface area contributed by atoms with Crippen molar-refractivity contribution < 1.29 is 23.8 Å². The molecule has 6 heteroatoms. The van der Waals surface area contributed by atoms with Crippen LogP contribution in [0.15, 0.2) is 18.3 Å². The summed E-state index contributed by atoms with van der Waals surface area (Å²) in [6, 6.07) is 3.47. The maximum atomic E-state index is 11.4. The Balaban J connectivity index is 2.80. The molecule has 19 heavy (non-hydrogen) atoms. The van der Waals surface area contributed by atoms with E-state index in [-0.39, 0.29) is 24.9 Å². The van der Waals surface area contributed by atoms with E-state index in [9.17, 15) is 9.59 Å².